The lowest BCUT2D eigenvalue weighted by Gasteiger charge is -2.03. The van der Waals surface area contributed by atoms with Gasteiger partial charge in [0, 0.05) is 6.20 Å². The van der Waals surface area contributed by atoms with E-state index in [0.29, 0.717) is 15.8 Å². The number of anilines is 2. The molecule has 2 N–H and O–H groups in total. The van der Waals surface area contributed by atoms with E-state index in [1.54, 1.807) is 13.1 Å². The molecule has 2 aromatic heterocycles. The van der Waals surface area contributed by atoms with Gasteiger partial charge in [0.25, 0.3) is 0 Å². The van der Waals surface area contributed by atoms with E-state index in [2.05, 4.69) is 15.3 Å². The molecule has 88 valence electrons. The van der Waals surface area contributed by atoms with Gasteiger partial charge in [-0.25, -0.2) is 14.8 Å². The predicted molar refractivity (Wildman–Crippen MR) is 66.1 cm³/mol. The van der Waals surface area contributed by atoms with Crippen molar-refractivity contribution in [2.24, 2.45) is 0 Å². The standard InChI is InChI=1S/C11H11N3O2S/c1-6-3-4-12-8(5-6)14-10-9(11(15)16)13-7(2)17-10/h3-5H,1-2H3,(H,12,14)(H,15,16). The molecule has 5 nitrogen and oxygen atoms in total. The quantitative estimate of drug-likeness (QED) is 0.874. The highest BCUT2D eigenvalue weighted by Gasteiger charge is 2.16. The number of aryl methyl sites for hydroxylation is 2. The van der Waals surface area contributed by atoms with Gasteiger partial charge < -0.3 is 10.4 Å². The molecule has 0 saturated carbocycles. The van der Waals surface area contributed by atoms with Crippen molar-refractivity contribution in [3.05, 3.63) is 34.6 Å². The molecular formula is C11H11N3O2S. The van der Waals surface area contributed by atoms with Crippen LogP contribution in [0.15, 0.2) is 18.3 Å². The van der Waals surface area contributed by atoms with Gasteiger partial charge in [0.1, 0.15) is 10.8 Å². The summed E-state index contributed by atoms with van der Waals surface area (Å²) in [6.45, 7) is 3.72. The lowest BCUT2D eigenvalue weighted by molar-refractivity contribution is 0.0692. The molecule has 2 rings (SSSR count). The van der Waals surface area contributed by atoms with Crippen molar-refractivity contribution in [1.82, 2.24) is 9.97 Å². The number of hydrogen-bond donors (Lipinski definition) is 2. The second kappa shape index (κ2) is 4.50. The Balaban J connectivity index is 2.32. The predicted octanol–water partition coefficient (Wildman–Crippen LogP) is 2.60. The van der Waals surface area contributed by atoms with Crippen molar-refractivity contribution in [3.8, 4) is 0 Å². The molecule has 0 aliphatic rings. The van der Waals surface area contributed by atoms with Crippen LogP contribution in [0, 0.1) is 13.8 Å². The molecule has 2 aromatic rings. The molecule has 0 saturated heterocycles. The van der Waals surface area contributed by atoms with Gasteiger partial charge in [-0.05, 0) is 31.5 Å². The molecule has 0 unspecified atom stereocenters. The summed E-state index contributed by atoms with van der Waals surface area (Å²) >= 11 is 1.30. The number of pyridine rings is 1. The molecule has 17 heavy (non-hydrogen) atoms. The Morgan fingerprint density at radius 3 is 2.88 bits per heavy atom. The monoisotopic (exact) mass is 249 g/mol. The van der Waals surface area contributed by atoms with E-state index in [-0.39, 0.29) is 5.69 Å². The number of carboxylic acids is 1. The fraction of sp³-hybridized carbons (Fsp3) is 0.182. The van der Waals surface area contributed by atoms with Crippen LogP contribution in [0.1, 0.15) is 21.1 Å². The lowest BCUT2D eigenvalue weighted by atomic mass is 10.3. The summed E-state index contributed by atoms with van der Waals surface area (Å²) in [7, 11) is 0. The normalized spacial score (nSPS) is 10.2. The van der Waals surface area contributed by atoms with E-state index in [4.69, 9.17) is 5.11 Å². The zero-order valence-electron chi connectivity index (χ0n) is 9.39. The van der Waals surface area contributed by atoms with Gasteiger partial charge >= 0.3 is 5.97 Å². The molecule has 0 radical (unpaired) electrons. The van der Waals surface area contributed by atoms with Crippen LogP contribution in [0.5, 0.6) is 0 Å². The van der Waals surface area contributed by atoms with Crippen LogP contribution in [0.4, 0.5) is 10.8 Å². The third-order valence-electron chi connectivity index (χ3n) is 2.09. The Labute approximate surface area is 102 Å². The van der Waals surface area contributed by atoms with Crippen molar-refractivity contribution in [2.75, 3.05) is 5.32 Å². The zero-order chi connectivity index (χ0) is 12.4. The van der Waals surface area contributed by atoms with Crippen molar-refractivity contribution >= 4 is 28.1 Å². The topological polar surface area (TPSA) is 75.1 Å². The van der Waals surface area contributed by atoms with E-state index >= 15 is 0 Å². The Morgan fingerprint density at radius 2 is 2.24 bits per heavy atom. The first-order valence-electron chi connectivity index (χ1n) is 4.96. The second-order valence-corrected chi connectivity index (χ2v) is 4.76. The van der Waals surface area contributed by atoms with Gasteiger partial charge in [0.2, 0.25) is 0 Å². The third kappa shape index (κ3) is 2.59. The van der Waals surface area contributed by atoms with Gasteiger partial charge in [-0.1, -0.05) is 0 Å². The molecule has 0 atom stereocenters. The summed E-state index contributed by atoms with van der Waals surface area (Å²) in [6.07, 6.45) is 1.67. The first-order chi connectivity index (χ1) is 8.06. The summed E-state index contributed by atoms with van der Waals surface area (Å²) < 4.78 is 0. The number of rotatable bonds is 3. The summed E-state index contributed by atoms with van der Waals surface area (Å²) in [5.41, 5.74) is 1.09. The maximum Gasteiger partial charge on any atom is 0.357 e. The molecule has 0 aliphatic carbocycles. The average molecular weight is 249 g/mol. The van der Waals surface area contributed by atoms with Crippen molar-refractivity contribution in [1.29, 1.82) is 0 Å². The summed E-state index contributed by atoms with van der Waals surface area (Å²) in [5, 5.41) is 13.2. The Kier molecular flexibility index (Phi) is 3.06. The number of aromatic carboxylic acids is 1. The highest BCUT2D eigenvalue weighted by Crippen LogP contribution is 2.27. The first-order valence-corrected chi connectivity index (χ1v) is 5.78. The van der Waals surface area contributed by atoms with Gasteiger partial charge in [0.15, 0.2) is 5.69 Å². The van der Waals surface area contributed by atoms with Gasteiger partial charge in [0.05, 0.1) is 5.01 Å². The number of aromatic nitrogens is 2. The molecule has 0 spiro atoms. The fourth-order valence-corrected chi connectivity index (χ4v) is 2.20. The van der Waals surface area contributed by atoms with Crippen LogP contribution in [0.2, 0.25) is 0 Å². The second-order valence-electron chi connectivity index (χ2n) is 3.56. The minimum atomic E-state index is -1.04. The Morgan fingerprint density at radius 1 is 1.47 bits per heavy atom. The fourth-order valence-electron chi connectivity index (χ4n) is 1.38. The Hall–Kier alpha value is -1.95. The van der Waals surface area contributed by atoms with E-state index in [1.807, 2.05) is 19.1 Å². The van der Waals surface area contributed by atoms with E-state index < -0.39 is 5.97 Å². The number of hydrogen-bond acceptors (Lipinski definition) is 5. The van der Waals surface area contributed by atoms with Crippen LogP contribution in [-0.2, 0) is 0 Å². The Bertz CT molecular complexity index is 566. The molecule has 6 heteroatoms. The number of carbonyl (C=O) groups is 1. The zero-order valence-corrected chi connectivity index (χ0v) is 10.2. The largest absolute Gasteiger partial charge is 0.476 e. The van der Waals surface area contributed by atoms with Crippen molar-refractivity contribution in [2.45, 2.75) is 13.8 Å². The minimum absolute atomic E-state index is 0.0378. The van der Waals surface area contributed by atoms with Crippen molar-refractivity contribution in [3.63, 3.8) is 0 Å². The third-order valence-corrected chi connectivity index (χ3v) is 2.98. The van der Waals surface area contributed by atoms with Crippen LogP contribution >= 0.6 is 11.3 Å². The number of nitrogens with zero attached hydrogens (tertiary/aromatic N) is 2. The summed E-state index contributed by atoms with van der Waals surface area (Å²) in [4.78, 5) is 19.1. The highest BCUT2D eigenvalue weighted by molar-refractivity contribution is 7.16. The smallest absolute Gasteiger partial charge is 0.357 e. The molecule has 0 aliphatic heterocycles. The van der Waals surface area contributed by atoms with Crippen LogP contribution in [0.25, 0.3) is 0 Å². The summed E-state index contributed by atoms with van der Waals surface area (Å²) in [5.74, 6) is -0.416. The maximum atomic E-state index is 11.0. The van der Waals surface area contributed by atoms with Crippen molar-refractivity contribution < 1.29 is 9.90 Å². The molecule has 0 bridgehead atoms. The van der Waals surface area contributed by atoms with Crippen LogP contribution in [0.3, 0.4) is 0 Å². The average Bonchev–Trinajstić information content (AvgIpc) is 2.59. The summed E-state index contributed by atoms with van der Waals surface area (Å²) in [6, 6.07) is 3.72. The van der Waals surface area contributed by atoms with E-state index in [0.717, 1.165) is 5.56 Å². The lowest BCUT2D eigenvalue weighted by Crippen LogP contribution is -2.02. The molecule has 0 fully saturated rings. The molecular weight excluding hydrogens is 238 g/mol. The van der Waals surface area contributed by atoms with Gasteiger partial charge in [-0.15, -0.1) is 11.3 Å². The maximum absolute atomic E-state index is 11.0. The van der Waals surface area contributed by atoms with E-state index in [1.165, 1.54) is 11.3 Å². The number of carboxylic acid groups (broad SMARTS) is 1. The van der Waals surface area contributed by atoms with Gasteiger partial charge in [-0.3, -0.25) is 0 Å². The van der Waals surface area contributed by atoms with Gasteiger partial charge in [-0.2, -0.15) is 0 Å². The molecule has 0 aromatic carbocycles. The molecule has 2 heterocycles. The van der Waals surface area contributed by atoms with Crippen LogP contribution < -0.4 is 5.32 Å². The number of nitrogens with one attached hydrogen (secondary N) is 1. The SMILES string of the molecule is Cc1ccnc(Nc2sc(C)nc2C(=O)O)c1. The molecule has 0 amide bonds. The highest BCUT2D eigenvalue weighted by atomic mass is 32.1. The number of thiazole rings is 1. The van der Waals surface area contributed by atoms with E-state index in [9.17, 15) is 4.79 Å². The minimum Gasteiger partial charge on any atom is -0.476 e. The van der Waals surface area contributed by atoms with Crippen LogP contribution in [-0.4, -0.2) is 21.0 Å². The first kappa shape index (κ1) is 11.5.